The summed E-state index contributed by atoms with van der Waals surface area (Å²) >= 11 is 2.20. The summed E-state index contributed by atoms with van der Waals surface area (Å²) in [6.45, 7) is 7.76. The minimum Gasteiger partial charge on any atom is -0.359 e. The van der Waals surface area contributed by atoms with Crippen molar-refractivity contribution in [2.45, 2.75) is 31.6 Å². The van der Waals surface area contributed by atoms with Gasteiger partial charge in [0.15, 0.2) is 5.69 Å². The summed E-state index contributed by atoms with van der Waals surface area (Å²) in [5.74, 6) is 0.614. The van der Waals surface area contributed by atoms with E-state index in [4.69, 9.17) is 4.52 Å². The third-order valence-corrected chi connectivity index (χ3v) is 4.28. The molecule has 6 heteroatoms. The van der Waals surface area contributed by atoms with Crippen LogP contribution in [0.25, 0.3) is 0 Å². The average Bonchev–Trinajstić information content (AvgIpc) is 2.76. The van der Waals surface area contributed by atoms with Gasteiger partial charge in [-0.25, -0.2) is 0 Å². The zero-order valence-corrected chi connectivity index (χ0v) is 15.1. The van der Waals surface area contributed by atoms with Crippen LogP contribution < -0.4 is 5.32 Å². The molecule has 1 N–H and O–H groups in total. The predicted octanol–water partition coefficient (Wildman–Crippen LogP) is 2.63. The molecule has 0 aliphatic rings. The van der Waals surface area contributed by atoms with Crippen molar-refractivity contribution < 1.29 is 9.32 Å². The van der Waals surface area contributed by atoms with E-state index in [9.17, 15) is 4.79 Å². The number of alkyl halides is 1. The largest absolute Gasteiger partial charge is 0.359 e. The second-order valence-corrected chi connectivity index (χ2v) is 6.56. The number of hydrogen-bond donors (Lipinski definition) is 1. The van der Waals surface area contributed by atoms with Gasteiger partial charge in [-0.05, 0) is 32.9 Å². The molecule has 0 spiro atoms. The van der Waals surface area contributed by atoms with Crippen molar-refractivity contribution in [1.82, 2.24) is 15.4 Å². The van der Waals surface area contributed by atoms with Gasteiger partial charge in [0.1, 0.15) is 5.76 Å². The highest BCUT2D eigenvalue weighted by Gasteiger charge is 2.25. The van der Waals surface area contributed by atoms with Gasteiger partial charge in [-0.2, -0.15) is 0 Å². The Morgan fingerprint density at radius 1 is 1.50 bits per heavy atom. The number of aromatic nitrogens is 1. The van der Waals surface area contributed by atoms with Gasteiger partial charge in [-0.15, -0.1) is 0 Å². The number of nitrogens with zero attached hydrogens (tertiary/aromatic N) is 2. The summed E-state index contributed by atoms with van der Waals surface area (Å²) < 4.78 is 5.88. The van der Waals surface area contributed by atoms with Crippen molar-refractivity contribution in [3.05, 3.63) is 17.0 Å². The van der Waals surface area contributed by atoms with Gasteiger partial charge in [0.05, 0.1) is 4.43 Å². The molecule has 0 saturated carbocycles. The van der Waals surface area contributed by atoms with E-state index in [0.29, 0.717) is 12.2 Å². The quantitative estimate of drug-likeness (QED) is 0.572. The summed E-state index contributed by atoms with van der Waals surface area (Å²) in [5, 5.41) is 6.86. The lowest BCUT2D eigenvalue weighted by molar-refractivity contribution is 0.0912. The van der Waals surface area contributed by atoms with E-state index >= 15 is 0 Å². The molecule has 0 aliphatic carbocycles. The lowest BCUT2D eigenvalue weighted by atomic mass is 9.87. The van der Waals surface area contributed by atoms with E-state index < -0.39 is 0 Å². The highest BCUT2D eigenvalue weighted by molar-refractivity contribution is 14.1. The highest BCUT2D eigenvalue weighted by atomic mass is 127. The third kappa shape index (κ3) is 4.44. The van der Waals surface area contributed by atoms with E-state index in [1.54, 1.807) is 0 Å². The van der Waals surface area contributed by atoms with Gasteiger partial charge in [-0.3, -0.25) is 4.79 Å². The molecule has 1 amide bonds. The number of carbonyl (C=O) groups excluding carboxylic acids is 1. The predicted molar refractivity (Wildman–Crippen MR) is 88.2 cm³/mol. The average molecular weight is 393 g/mol. The minimum absolute atomic E-state index is 0.0584. The van der Waals surface area contributed by atoms with E-state index in [0.717, 1.165) is 28.7 Å². The van der Waals surface area contributed by atoms with Crippen LogP contribution in [0.15, 0.2) is 4.52 Å². The van der Waals surface area contributed by atoms with Crippen LogP contribution >= 0.6 is 22.6 Å². The van der Waals surface area contributed by atoms with Gasteiger partial charge < -0.3 is 14.7 Å². The fourth-order valence-electron chi connectivity index (χ4n) is 2.14. The maximum Gasteiger partial charge on any atom is 0.273 e. The molecule has 0 bridgehead atoms. The molecule has 5 nitrogen and oxygen atoms in total. The first-order valence-electron chi connectivity index (χ1n) is 6.77. The number of amides is 1. The molecule has 1 rings (SSSR count). The van der Waals surface area contributed by atoms with Gasteiger partial charge in [-0.1, -0.05) is 41.6 Å². The van der Waals surface area contributed by atoms with Crippen molar-refractivity contribution in [1.29, 1.82) is 0 Å². The minimum atomic E-state index is -0.152. The molecular weight excluding hydrogens is 369 g/mol. The van der Waals surface area contributed by atoms with E-state index in [-0.39, 0.29) is 11.3 Å². The van der Waals surface area contributed by atoms with Crippen LogP contribution in [0.1, 0.15) is 42.1 Å². The number of halogens is 1. The van der Waals surface area contributed by atoms with Crippen molar-refractivity contribution in [3.8, 4) is 0 Å². The molecule has 0 aromatic carbocycles. The Labute approximate surface area is 134 Å². The van der Waals surface area contributed by atoms with Gasteiger partial charge in [0.2, 0.25) is 0 Å². The molecule has 114 valence electrons. The van der Waals surface area contributed by atoms with Crippen LogP contribution in [0.5, 0.6) is 0 Å². The molecule has 0 fully saturated rings. The number of carbonyl (C=O) groups is 1. The summed E-state index contributed by atoms with van der Waals surface area (Å²) in [5.41, 5.74) is 1.30. The number of hydrogen-bond acceptors (Lipinski definition) is 4. The monoisotopic (exact) mass is 393 g/mol. The highest BCUT2D eigenvalue weighted by Crippen LogP contribution is 2.21. The Balaban J connectivity index is 2.68. The van der Waals surface area contributed by atoms with Crippen molar-refractivity contribution in [2.24, 2.45) is 5.41 Å². The molecule has 1 heterocycles. The standard InChI is InChI=1S/C14H24IN3O2/c1-6-14(3,9-18(4)5)8-16-13(19)12-10(2)11(7-15)20-17-12/h6-9H2,1-5H3,(H,16,19). The van der Waals surface area contributed by atoms with Crippen LogP contribution in [0.2, 0.25) is 0 Å². The van der Waals surface area contributed by atoms with Crippen LogP contribution in [-0.2, 0) is 4.43 Å². The molecule has 0 radical (unpaired) electrons. The Kier molecular flexibility index (Phi) is 6.44. The van der Waals surface area contributed by atoms with Crippen LogP contribution in [0, 0.1) is 12.3 Å². The summed E-state index contributed by atoms with van der Waals surface area (Å²) in [6.07, 6.45) is 1.00. The fraction of sp³-hybridized carbons (Fsp3) is 0.714. The van der Waals surface area contributed by atoms with E-state index in [2.05, 4.69) is 51.8 Å². The summed E-state index contributed by atoms with van der Waals surface area (Å²) in [7, 11) is 4.09. The molecule has 1 aromatic rings. The molecule has 1 atom stereocenters. The molecule has 0 saturated heterocycles. The molecule has 1 unspecified atom stereocenters. The van der Waals surface area contributed by atoms with Crippen LogP contribution in [-0.4, -0.2) is 43.1 Å². The Morgan fingerprint density at radius 3 is 2.60 bits per heavy atom. The van der Waals surface area contributed by atoms with E-state index in [1.807, 2.05) is 21.0 Å². The summed E-state index contributed by atoms with van der Waals surface area (Å²) in [6, 6.07) is 0. The molecule has 20 heavy (non-hydrogen) atoms. The topological polar surface area (TPSA) is 58.4 Å². The van der Waals surface area contributed by atoms with Crippen LogP contribution in [0.4, 0.5) is 0 Å². The Bertz CT molecular complexity index is 459. The summed E-state index contributed by atoms with van der Waals surface area (Å²) in [4.78, 5) is 14.3. The lowest BCUT2D eigenvalue weighted by Crippen LogP contribution is -2.41. The zero-order chi connectivity index (χ0) is 15.3. The van der Waals surface area contributed by atoms with E-state index in [1.165, 1.54) is 0 Å². The van der Waals surface area contributed by atoms with Crippen LogP contribution in [0.3, 0.4) is 0 Å². The number of rotatable bonds is 7. The maximum absolute atomic E-state index is 12.2. The van der Waals surface area contributed by atoms with Crippen molar-refractivity contribution >= 4 is 28.5 Å². The lowest BCUT2D eigenvalue weighted by Gasteiger charge is -2.31. The van der Waals surface area contributed by atoms with Crippen molar-refractivity contribution in [3.63, 3.8) is 0 Å². The first-order valence-corrected chi connectivity index (χ1v) is 8.29. The SMILES string of the molecule is CCC(C)(CNC(=O)c1noc(CI)c1C)CN(C)C. The third-order valence-electron chi connectivity index (χ3n) is 3.58. The Hall–Kier alpha value is -0.630. The van der Waals surface area contributed by atoms with Gasteiger partial charge >= 0.3 is 0 Å². The normalized spacial score (nSPS) is 14.3. The first kappa shape index (κ1) is 17.4. The van der Waals surface area contributed by atoms with Gasteiger partial charge in [0, 0.05) is 18.7 Å². The zero-order valence-electron chi connectivity index (χ0n) is 12.9. The molecule has 0 aliphatic heterocycles. The smallest absolute Gasteiger partial charge is 0.273 e. The maximum atomic E-state index is 12.2. The second kappa shape index (κ2) is 7.40. The molecular formula is C14H24IN3O2. The number of nitrogens with one attached hydrogen (secondary N) is 1. The fourth-order valence-corrected chi connectivity index (χ4v) is 2.85. The Morgan fingerprint density at radius 2 is 2.15 bits per heavy atom. The molecule has 1 aromatic heterocycles. The second-order valence-electron chi connectivity index (χ2n) is 5.80. The van der Waals surface area contributed by atoms with Crippen molar-refractivity contribution in [2.75, 3.05) is 27.2 Å². The first-order chi connectivity index (χ1) is 9.33. The van der Waals surface area contributed by atoms with Gasteiger partial charge in [0.25, 0.3) is 5.91 Å².